The lowest BCUT2D eigenvalue weighted by Gasteiger charge is -2.24. The van der Waals surface area contributed by atoms with E-state index in [0.29, 0.717) is 12.1 Å². The van der Waals surface area contributed by atoms with Crippen LogP contribution in [-0.4, -0.2) is 41.7 Å². The van der Waals surface area contributed by atoms with E-state index in [1.165, 1.54) is 38.8 Å². The van der Waals surface area contributed by atoms with Gasteiger partial charge in [-0.15, -0.1) is 0 Å². The van der Waals surface area contributed by atoms with Gasteiger partial charge in [-0.3, -0.25) is 4.90 Å². The van der Waals surface area contributed by atoms with E-state index in [1.54, 1.807) is 0 Å². The zero-order valence-corrected chi connectivity index (χ0v) is 10.3. The molecule has 2 fully saturated rings. The second kappa shape index (κ2) is 5.12. The molecule has 0 bridgehead atoms. The van der Waals surface area contributed by atoms with Crippen molar-refractivity contribution in [2.45, 2.75) is 44.7 Å². The van der Waals surface area contributed by atoms with Crippen LogP contribution in [0.1, 0.15) is 32.6 Å². The predicted molar refractivity (Wildman–Crippen MR) is 67.0 cm³/mol. The van der Waals surface area contributed by atoms with E-state index in [-0.39, 0.29) is 0 Å². The Balaban J connectivity index is 1.60. The Morgan fingerprint density at radius 2 is 2.07 bits per heavy atom. The maximum atomic E-state index is 5.22. The van der Waals surface area contributed by atoms with Gasteiger partial charge in [0.05, 0.1) is 0 Å². The van der Waals surface area contributed by atoms with Gasteiger partial charge in [0, 0.05) is 18.6 Å². The summed E-state index contributed by atoms with van der Waals surface area (Å²) in [6.07, 6.45) is 5.28. The van der Waals surface area contributed by atoms with Crippen LogP contribution >= 0.6 is 12.2 Å². The fraction of sp³-hybridized carbons (Fsp3) is 0.909. The summed E-state index contributed by atoms with van der Waals surface area (Å²) < 4.78 is 0. The lowest BCUT2D eigenvalue weighted by Crippen LogP contribution is -2.44. The molecular weight excluding hydrogens is 206 g/mol. The molecule has 0 aromatic rings. The Bertz CT molecular complexity index is 222. The highest BCUT2D eigenvalue weighted by molar-refractivity contribution is 7.80. The number of nitrogens with zero attached hydrogens (tertiary/aromatic N) is 1. The summed E-state index contributed by atoms with van der Waals surface area (Å²) in [5, 5.41) is 7.45. The molecule has 2 N–H and O–H groups in total. The average molecular weight is 227 g/mol. The van der Waals surface area contributed by atoms with E-state index < -0.39 is 0 Å². The molecule has 0 aromatic carbocycles. The zero-order valence-electron chi connectivity index (χ0n) is 9.46. The summed E-state index contributed by atoms with van der Waals surface area (Å²) in [5.41, 5.74) is 0. The molecular formula is C11H21N3S. The Hall–Kier alpha value is -0.350. The Morgan fingerprint density at radius 3 is 2.67 bits per heavy atom. The molecule has 1 aliphatic carbocycles. The SMILES string of the molecule is CC(CNC(=S)NC1CC1)N1CCCC1. The van der Waals surface area contributed by atoms with Crippen molar-refractivity contribution in [3.63, 3.8) is 0 Å². The fourth-order valence-corrected chi connectivity index (χ4v) is 2.27. The van der Waals surface area contributed by atoms with Crippen molar-refractivity contribution in [1.29, 1.82) is 0 Å². The van der Waals surface area contributed by atoms with Crippen molar-refractivity contribution in [3.8, 4) is 0 Å². The fourth-order valence-electron chi connectivity index (χ4n) is 2.02. The highest BCUT2D eigenvalue weighted by atomic mass is 32.1. The third kappa shape index (κ3) is 3.61. The van der Waals surface area contributed by atoms with Gasteiger partial charge in [0.15, 0.2) is 5.11 Å². The molecule has 1 aliphatic heterocycles. The smallest absolute Gasteiger partial charge is 0.166 e. The molecule has 4 heteroatoms. The molecule has 2 aliphatic rings. The lowest BCUT2D eigenvalue weighted by atomic mass is 10.3. The van der Waals surface area contributed by atoms with Gasteiger partial charge < -0.3 is 10.6 Å². The van der Waals surface area contributed by atoms with Gasteiger partial charge >= 0.3 is 0 Å². The zero-order chi connectivity index (χ0) is 10.7. The van der Waals surface area contributed by atoms with Crippen LogP contribution in [0.25, 0.3) is 0 Å². The van der Waals surface area contributed by atoms with Crippen molar-refractivity contribution < 1.29 is 0 Å². The first-order valence-electron chi connectivity index (χ1n) is 6.04. The molecule has 1 atom stereocenters. The predicted octanol–water partition coefficient (Wildman–Crippen LogP) is 1.10. The number of rotatable bonds is 4. The van der Waals surface area contributed by atoms with Gasteiger partial charge in [0.1, 0.15) is 0 Å². The minimum absolute atomic E-state index is 0.603. The Labute approximate surface area is 97.6 Å². The summed E-state index contributed by atoms with van der Waals surface area (Å²) in [6.45, 7) is 5.76. The summed E-state index contributed by atoms with van der Waals surface area (Å²) in [6, 6.07) is 1.26. The van der Waals surface area contributed by atoms with Crippen LogP contribution in [0, 0.1) is 0 Å². The molecule has 0 spiro atoms. The number of likely N-dealkylation sites (tertiary alicyclic amines) is 1. The second-order valence-electron chi connectivity index (χ2n) is 4.72. The number of thiocarbonyl (C=S) groups is 1. The third-order valence-electron chi connectivity index (χ3n) is 3.23. The van der Waals surface area contributed by atoms with Gasteiger partial charge in [-0.1, -0.05) is 0 Å². The first kappa shape index (κ1) is 11.1. The summed E-state index contributed by atoms with van der Waals surface area (Å²) in [4.78, 5) is 2.53. The lowest BCUT2D eigenvalue weighted by molar-refractivity contribution is 0.259. The quantitative estimate of drug-likeness (QED) is 0.703. The van der Waals surface area contributed by atoms with Crippen LogP contribution in [-0.2, 0) is 0 Å². The van der Waals surface area contributed by atoms with Gasteiger partial charge in [0.25, 0.3) is 0 Å². The summed E-state index contributed by atoms with van der Waals surface area (Å²) >= 11 is 5.22. The monoisotopic (exact) mass is 227 g/mol. The highest BCUT2D eigenvalue weighted by Crippen LogP contribution is 2.18. The van der Waals surface area contributed by atoms with E-state index in [0.717, 1.165) is 11.7 Å². The first-order valence-corrected chi connectivity index (χ1v) is 6.45. The molecule has 1 unspecified atom stereocenters. The maximum absolute atomic E-state index is 5.22. The van der Waals surface area contributed by atoms with Crippen LogP contribution in [0.2, 0.25) is 0 Å². The molecule has 2 rings (SSSR count). The molecule has 3 nitrogen and oxygen atoms in total. The number of hydrogen-bond donors (Lipinski definition) is 2. The second-order valence-corrected chi connectivity index (χ2v) is 5.13. The normalized spacial score (nSPS) is 23.8. The molecule has 0 aromatic heterocycles. The summed E-state index contributed by atoms with van der Waals surface area (Å²) in [5.74, 6) is 0. The van der Waals surface area contributed by atoms with E-state index in [1.807, 2.05) is 0 Å². The number of hydrogen-bond acceptors (Lipinski definition) is 2. The largest absolute Gasteiger partial charge is 0.361 e. The molecule has 1 heterocycles. The molecule has 1 saturated heterocycles. The van der Waals surface area contributed by atoms with Crippen molar-refractivity contribution in [2.75, 3.05) is 19.6 Å². The highest BCUT2D eigenvalue weighted by Gasteiger charge is 2.22. The van der Waals surface area contributed by atoms with E-state index in [9.17, 15) is 0 Å². The van der Waals surface area contributed by atoms with Crippen LogP contribution < -0.4 is 10.6 Å². The minimum atomic E-state index is 0.603. The van der Waals surface area contributed by atoms with Crippen LogP contribution in [0.5, 0.6) is 0 Å². The van der Waals surface area contributed by atoms with Gasteiger partial charge in [0.2, 0.25) is 0 Å². The molecule has 0 radical (unpaired) electrons. The van der Waals surface area contributed by atoms with Crippen LogP contribution in [0.4, 0.5) is 0 Å². The Morgan fingerprint density at radius 1 is 1.40 bits per heavy atom. The van der Waals surface area contributed by atoms with Crippen molar-refractivity contribution in [1.82, 2.24) is 15.5 Å². The maximum Gasteiger partial charge on any atom is 0.166 e. The third-order valence-corrected chi connectivity index (χ3v) is 3.50. The van der Waals surface area contributed by atoms with E-state index >= 15 is 0 Å². The van der Waals surface area contributed by atoms with Gasteiger partial charge in [-0.05, 0) is 57.9 Å². The Kier molecular flexibility index (Phi) is 3.81. The number of nitrogens with one attached hydrogen (secondary N) is 2. The van der Waals surface area contributed by atoms with E-state index in [2.05, 4.69) is 22.5 Å². The van der Waals surface area contributed by atoms with Crippen molar-refractivity contribution in [3.05, 3.63) is 0 Å². The van der Waals surface area contributed by atoms with E-state index in [4.69, 9.17) is 12.2 Å². The van der Waals surface area contributed by atoms with Crippen LogP contribution in [0.3, 0.4) is 0 Å². The molecule has 15 heavy (non-hydrogen) atoms. The average Bonchev–Trinajstić information content (AvgIpc) is 2.86. The molecule has 1 saturated carbocycles. The molecule has 0 amide bonds. The molecule has 86 valence electrons. The van der Waals surface area contributed by atoms with Crippen molar-refractivity contribution in [2.24, 2.45) is 0 Å². The summed E-state index contributed by atoms with van der Waals surface area (Å²) in [7, 11) is 0. The topological polar surface area (TPSA) is 27.3 Å². The van der Waals surface area contributed by atoms with Gasteiger partial charge in [-0.25, -0.2) is 0 Å². The minimum Gasteiger partial charge on any atom is -0.361 e. The van der Waals surface area contributed by atoms with Crippen molar-refractivity contribution >= 4 is 17.3 Å². The first-order chi connectivity index (χ1) is 7.25. The van der Waals surface area contributed by atoms with Gasteiger partial charge in [-0.2, -0.15) is 0 Å². The standard InChI is InChI=1S/C11H21N3S/c1-9(14-6-2-3-7-14)8-12-11(15)13-10-4-5-10/h9-10H,2-8H2,1H3,(H2,12,13,15). The van der Waals surface area contributed by atoms with Crippen LogP contribution in [0.15, 0.2) is 0 Å².